The number of carboxylic acids is 4. The minimum atomic E-state index is -1.99. The van der Waals surface area contributed by atoms with Crippen molar-refractivity contribution in [3.63, 3.8) is 0 Å². The van der Waals surface area contributed by atoms with Crippen LogP contribution in [0, 0.1) is 11.8 Å². The van der Waals surface area contributed by atoms with E-state index in [-0.39, 0.29) is 12.1 Å². The molecule has 0 unspecified atom stereocenters. The Morgan fingerprint density at radius 1 is 0.566 bits per heavy atom. The van der Waals surface area contributed by atoms with Gasteiger partial charge in [0.1, 0.15) is 48.3 Å². The number of hydrogen-bond donors (Lipinski definition) is 16. The number of amides is 9. The third-order valence-corrected chi connectivity index (χ3v) is 13.8. The number of carbonyl (C=O) groups excluding carboxylic acids is 9. The molecule has 458 valence electrons. The van der Waals surface area contributed by atoms with Crippen molar-refractivity contribution in [2.75, 3.05) is 13.1 Å². The van der Waals surface area contributed by atoms with E-state index < -0.39 is 201 Å². The number of nitrogens with zero attached hydrogens (tertiary/aromatic N) is 1. The van der Waals surface area contributed by atoms with Crippen molar-refractivity contribution in [3.05, 3.63) is 54.1 Å². The molecule has 9 amide bonds. The number of aromatic amines is 1. The molecule has 1 aliphatic heterocycles. The van der Waals surface area contributed by atoms with Gasteiger partial charge >= 0.3 is 23.9 Å². The van der Waals surface area contributed by atoms with Crippen LogP contribution in [-0.4, -0.2) is 186 Å². The molecule has 0 spiro atoms. The normalized spacial score (nSPS) is 16.8. The van der Waals surface area contributed by atoms with Gasteiger partial charge in [0.15, 0.2) is 0 Å². The molecular formula is C53H78N12O18. The minimum absolute atomic E-state index is 0.0867. The van der Waals surface area contributed by atoms with Crippen molar-refractivity contribution in [3.8, 4) is 0 Å². The lowest BCUT2D eigenvalue weighted by atomic mass is 9.97. The van der Waals surface area contributed by atoms with E-state index in [9.17, 15) is 87.9 Å². The zero-order chi connectivity index (χ0) is 61.9. The molecule has 1 saturated heterocycles. The zero-order valence-corrected chi connectivity index (χ0v) is 46.9. The van der Waals surface area contributed by atoms with E-state index >= 15 is 0 Å². The number of aliphatic carboxylic acids is 4. The number of aliphatic hydroxyl groups is 1. The van der Waals surface area contributed by atoms with Crippen LogP contribution in [0.4, 0.5) is 0 Å². The van der Waals surface area contributed by atoms with Gasteiger partial charge in [0.05, 0.1) is 25.0 Å². The lowest BCUT2D eigenvalue weighted by Gasteiger charge is -2.28. The Labute approximate surface area is 478 Å². The Kier molecular flexibility index (Phi) is 28.7. The molecule has 2 aromatic rings. The summed E-state index contributed by atoms with van der Waals surface area (Å²) < 4.78 is 0. The van der Waals surface area contributed by atoms with Gasteiger partial charge in [0.25, 0.3) is 0 Å². The fraction of sp³-hybridized carbons (Fsp3) is 0.585. The smallest absolute Gasteiger partial charge is 0.326 e. The summed E-state index contributed by atoms with van der Waals surface area (Å²) in [7, 11) is 0. The van der Waals surface area contributed by atoms with E-state index in [1.165, 1.54) is 19.4 Å². The van der Waals surface area contributed by atoms with Gasteiger partial charge in [-0.2, -0.15) is 0 Å². The number of carbonyl (C=O) groups is 13. The Hall–Kier alpha value is -8.54. The Bertz CT molecular complexity index is 2560. The molecule has 3 rings (SSSR count). The topological polar surface area (TPSA) is 472 Å². The highest BCUT2D eigenvalue weighted by molar-refractivity contribution is 5.98. The number of aromatic nitrogens is 2. The van der Waals surface area contributed by atoms with Crippen LogP contribution in [0.15, 0.2) is 42.9 Å². The van der Waals surface area contributed by atoms with Crippen LogP contribution in [0.25, 0.3) is 0 Å². The van der Waals surface area contributed by atoms with Crippen LogP contribution >= 0.6 is 0 Å². The molecule has 16 N–H and O–H groups in total. The predicted molar refractivity (Wildman–Crippen MR) is 291 cm³/mol. The van der Waals surface area contributed by atoms with Crippen LogP contribution in [-0.2, 0) is 75.2 Å². The first-order valence-electron chi connectivity index (χ1n) is 27.2. The molecule has 1 aromatic heterocycles. The molecule has 1 aromatic carbocycles. The predicted octanol–water partition coefficient (Wildman–Crippen LogP) is -2.91. The van der Waals surface area contributed by atoms with E-state index in [1.807, 2.05) is 0 Å². The zero-order valence-electron chi connectivity index (χ0n) is 46.9. The number of benzene rings is 1. The summed E-state index contributed by atoms with van der Waals surface area (Å²) in [6.45, 7) is 7.49. The highest BCUT2D eigenvalue weighted by Gasteiger charge is 2.37. The largest absolute Gasteiger partial charge is 0.481 e. The highest BCUT2D eigenvalue weighted by atomic mass is 16.4. The minimum Gasteiger partial charge on any atom is -0.481 e. The monoisotopic (exact) mass is 1170 g/mol. The van der Waals surface area contributed by atoms with Crippen molar-refractivity contribution < 1.29 is 87.9 Å². The maximum Gasteiger partial charge on any atom is 0.326 e. The average molecular weight is 1170 g/mol. The van der Waals surface area contributed by atoms with E-state index in [4.69, 9.17) is 0 Å². The number of imidazole rings is 1. The maximum atomic E-state index is 14.1. The first-order valence-corrected chi connectivity index (χ1v) is 27.2. The summed E-state index contributed by atoms with van der Waals surface area (Å²) in [5.74, 6) is -15.7. The summed E-state index contributed by atoms with van der Waals surface area (Å²) >= 11 is 0. The number of hydrogen-bond acceptors (Lipinski definition) is 16. The maximum absolute atomic E-state index is 14.1. The van der Waals surface area contributed by atoms with Crippen LogP contribution in [0.3, 0.4) is 0 Å². The summed E-state index contributed by atoms with van der Waals surface area (Å²) in [6, 6.07) is -4.40. The highest BCUT2D eigenvalue weighted by Crippen LogP contribution is 2.14. The van der Waals surface area contributed by atoms with Gasteiger partial charge < -0.3 is 83.7 Å². The molecule has 0 aliphatic carbocycles. The van der Waals surface area contributed by atoms with Crippen LogP contribution in [0.2, 0.25) is 0 Å². The molecule has 0 saturated carbocycles. The number of aliphatic hydroxyl groups excluding tert-OH is 1. The first-order chi connectivity index (χ1) is 39.2. The fourth-order valence-electron chi connectivity index (χ4n) is 8.56. The molecule has 2 heterocycles. The molecule has 83 heavy (non-hydrogen) atoms. The summed E-state index contributed by atoms with van der Waals surface area (Å²) in [6.07, 6.45) is -1.62. The first kappa shape index (κ1) is 68.7. The van der Waals surface area contributed by atoms with E-state index in [1.54, 1.807) is 51.1 Å². The van der Waals surface area contributed by atoms with E-state index in [0.29, 0.717) is 25.8 Å². The van der Waals surface area contributed by atoms with Gasteiger partial charge in [-0.15, -0.1) is 0 Å². The summed E-state index contributed by atoms with van der Waals surface area (Å²) in [5.41, 5.74) is 0.940. The SMILES string of the molecule is CC[C@H](C)[C@H](NC(=O)[C@H](CCC(=O)O)NC(=O)[C@H](CCC(=O)O)NC(=O)[C@@H](NC(=O)[C@H](Cc1cnc[nH]1)NC(=O)[C@H](CCC(=O)O)NC(=O)CNC(=O)[C@@H](NC(=O)[C@H](Cc1ccccc1)NC(=O)[C@@H]1CCCN1)[C@@H](C)CC)[C@@H](C)O)C(=O)O. The molecule has 0 radical (unpaired) electrons. The summed E-state index contributed by atoms with van der Waals surface area (Å²) in [4.78, 5) is 177. The number of nitrogens with one attached hydrogen (secondary N) is 11. The summed E-state index contributed by atoms with van der Waals surface area (Å²) in [5, 5.41) is 73.7. The fourth-order valence-corrected chi connectivity index (χ4v) is 8.56. The Morgan fingerprint density at radius 3 is 1.52 bits per heavy atom. The molecule has 0 bridgehead atoms. The lowest BCUT2D eigenvalue weighted by Crippen LogP contribution is -2.62. The molecule has 12 atom stereocenters. The number of carboxylic acid groups (broad SMARTS) is 4. The standard InChI is InChI=1S/C53H78N12O18/c1-6-27(3)42(63-49(78)36(22-30-12-9-8-10-13-30)61-45(74)32-14-11-21-55-32)51(80)56-25-38(67)58-33(15-18-39(68)69)46(75)62-37(23-31-24-54-26-57-31)50(79)65-44(29(5)66)52(81)60-34(16-19-40(70)71)47(76)59-35(17-20-41(72)73)48(77)64-43(53(82)83)28(4)7-2/h8-10,12-13,24,26-29,32-37,42-44,55,66H,6-7,11,14-23,25H2,1-5H3,(H,54,57)(H,56,80)(H,58,67)(H,59,76)(H,60,81)(H,61,74)(H,62,75)(H,63,78)(H,64,77)(H,65,79)(H,68,69)(H,70,71)(H,72,73)(H,82,83)/t27-,28-,29+,32-,33-,34-,35-,36-,37-,42-,43-,44-/m0/s1. The van der Waals surface area contributed by atoms with Crippen molar-refractivity contribution in [2.45, 2.75) is 172 Å². The van der Waals surface area contributed by atoms with Gasteiger partial charge in [-0.25, -0.2) is 9.78 Å². The second-order valence-electron chi connectivity index (χ2n) is 20.3. The average Bonchev–Trinajstić information content (AvgIpc) is 4.33. The lowest BCUT2D eigenvalue weighted by molar-refractivity contribution is -0.144. The molecular weight excluding hydrogens is 1090 g/mol. The number of rotatable bonds is 37. The van der Waals surface area contributed by atoms with Crippen molar-refractivity contribution >= 4 is 77.0 Å². The third kappa shape index (κ3) is 23.8. The van der Waals surface area contributed by atoms with Crippen molar-refractivity contribution in [1.29, 1.82) is 0 Å². The molecule has 30 heteroatoms. The van der Waals surface area contributed by atoms with Crippen LogP contribution in [0.1, 0.15) is 110 Å². The Balaban J connectivity index is 1.83. The molecule has 30 nitrogen and oxygen atoms in total. The molecule has 1 fully saturated rings. The van der Waals surface area contributed by atoms with Crippen molar-refractivity contribution in [2.24, 2.45) is 11.8 Å². The number of H-pyrrole nitrogens is 1. The van der Waals surface area contributed by atoms with E-state index in [2.05, 4.69) is 63.1 Å². The van der Waals surface area contributed by atoms with Gasteiger partial charge in [-0.05, 0) is 63.0 Å². The second-order valence-corrected chi connectivity index (χ2v) is 20.3. The molecule has 1 aliphatic rings. The quantitative estimate of drug-likeness (QED) is 0.0322. The Morgan fingerprint density at radius 2 is 1.04 bits per heavy atom. The van der Waals surface area contributed by atoms with E-state index in [0.717, 1.165) is 18.9 Å². The van der Waals surface area contributed by atoms with Gasteiger partial charge in [0, 0.05) is 44.0 Å². The van der Waals surface area contributed by atoms with Crippen LogP contribution < -0.4 is 53.2 Å². The van der Waals surface area contributed by atoms with Gasteiger partial charge in [-0.3, -0.25) is 57.5 Å². The van der Waals surface area contributed by atoms with Gasteiger partial charge in [-0.1, -0.05) is 70.9 Å². The third-order valence-electron chi connectivity index (χ3n) is 13.8. The van der Waals surface area contributed by atoms with Crippen LogP contribution in [0.5, 0.6) is 0 Å². The second kappa shape index (κ2) is 34.7. The van der Waals surface area contributed by atoms with Gasteiger partial charge in [0.2, 0.25) is 53.2 Å². The van der Waals surface area contributed by atoms with Crippen molar-refractivity contribution in [1.82, 2.24) is 63.1 Å².